The van der Waals surface area contributed by atoms with Gasteiger partial charge in [-0.05, 0) is 0 Å². The van der Waals surface area contributed by atoms with Crippen molar-refractivity contribution < 1.29 is 60.0 Å². The number of ether oxygens (including phenoxy) is 1. The summed E-state index contributed by atoms with van der Waals surface area (Å²) in [5.41, 5.74) is -2.74. The van der Waals surface area contributed by atoms with Gasteiger partial charge in [-0.15, -0.1) is 0 Å². The van der Waals surface area contributed by atoms with Crippen molar-refractivity contribution in [2.24, 2.45) is 0 Å². The SMILES string of the molecule is O=C(O)CC(O)(CC(=O)O)C(=O)O.OC1OC[C@@H](O)[C@H](O)[C@H]1O. The molecule has 0 bridgehead atoms. The third-order valence-corrected chi connectivity index (χ3v) is 2.76. The van der Waals surface area contributed by atoms with Crippen LogP contribution in [-0.4, -0.2) is 95.6 Å². The van der Waals surface area contributed by atoms with Gasteiger partial charge >= 0.3 is 17.9 Å². The number of aliphatic carboxylic acids is 3. The topological polar surface area (TPSA) is 222 Å². The third kappa shape index (κ3) is 6.85. The predicted molar refractivity (Wildman–Crippen MR) is 67.1 cm³/mol. The summed E-state index contributed by atoms with van der Waals surface area (Å²) in [5.74, 6) is -5.02. The highest BCUT2D eigenvalue weighted by molar-refractivity contribution is 5.88. The summed E-state index contributed by atoms with van der Waals surface area (Å²) >= 11 is 0. The minimum atomic E-state index is -2.74. The molecule has 1 aliphatic heterocycles. The Bertz CT molecular complexity index is 405. The number of aliphatic hydroxyl groups excluding tert-OH is 4. The highest BCUT2D eigenvalue weighted by atomic mass is 16.6. The first-order valence-corrected chi connectivity index (χ1v) is 6.14. The molecule has 1 unspecified atom stereocenters. The molecule has 12 heteroatoms. The van der Waals surface area contributed by atoms with Crippen molar-refractivity contribution in [3.8, 4) is 0 Å². The van der Waals surface area contributed by atoms with Crippen LogP contribution in [0, 0.1) is 0 Å². The Morgan fingerprint density at radius 1 is 0.913 bits per heavy atom. The number of hydrogen-bond donors (Lipinski definition) is 8. The molecule has 0 aromatic rings. The summed E-state index contributed by atoms with van der Waals surface area (Å²) in [5, 5.41) is 69.1. The van der Waals surface area contributed by atoms with E-state index in [0.717, 1.165) is 0 Å². The van der Waals surface area contributed by atoms with Gasteiger partial charge in [-0.25, -0.2) is 4.79 Å². The Balaban J connectivity index is 0.000000433. The van der Waals surface area contributed by atoms with E-state index in [1.54, 1.807) is 0 Å². The van der Waals surface area contributed by atoms with Crippen LogP contribution >= 0.6 is 0 Å². The molecule has 12 nitrogen and oxygen atoms in total. The van der Waals surface area contributed by atoms with Gasteiger partial charge in [0.1, 0.15) is 18.3 Å². The first-order chi connectivity index (χ1) is 10.4. The molecule has 1 aliphatic rings. The smallest absolute Gasteiger partial charge is 0.336 e. The van der Waals surface area contributed by atoms with E-state index in [0.29, 0.717) is 0 Å². The predicted octanol–water partition coefficient (Wildman–Crippen LogP) is -3.83. The zero-order valence-electron chi connectivity index (χ0n) is 11.6. The average Bonchev–Trinajstić information content (AvgIpc) is 2.39. The molecule has 0 aromatic heterocycles. The summed E-state index contributed by atoms with van der Waals surface area (Å²) in [7, 11) is 0. The van der Waals surface area contributed by atoms with Gasteiger partial charge in [0.15, 0.2) is 11.9 Å². The Morgan fingerprint density at radius 3 is 1.65 bits per heavy atom. The molecular weight excluding hydrogens is 324 g/mol. The van der Waals surface area contributed by atoms with Crippen LogP contribution in [0.25, 0.3) is 0 Å². The Hall–Kier alpha value is -1.83. The maximum Gasteiger partial charge on any atom is 0.336 e. The van der Waals surface area contributed by atoms with Crippen molar-refractivity contribution >= 4 is 17.9 Å². The van der Waals surface area contributed by atoms with E-state index >= 15 is 0 Å². The van der Waals surface area contributed by atoms with Gasteiger partial charge in [-0.3, -0.25) is 9.59 Å². The van der Waals surface area contributed by atoms with Crippen LogP contribution in [0.15, 0.2) is 0 Å². The van der Waals surface area contributed by atoms with Crippen LogP contribution in [0.5, 0.6) is 0 Å². The van der Waals surface area contributed by atoms with Gasteiger partial charge in [0, 0.05) is 0 Å². The molecule has 23 heavy (non-hydrogen) atoms. The highest BCUT2D eigenvalue weighted by Gasteiger charge is 2.40. The molecule has 4 atom stereocenters. The molecule has 134 valence electrons. The largest absolute Gasteiger partial charge is 0.481 e. The summed E-state index contributed by atoms with van der Waals surface area (Å²) in [4.78, 5) is 30.5. The Kier molecular flexibility index (Phi) is 8.02. The van der Waals surface area contributed by atoms with Crippen molar-refractivity contribution in [3.63, 3.8) is 0 Å². The van der Waals surface area contributed by atoms with Gasteiger partial charge in [0.05, 0.1) is 19.4 Å². The summed E-state index contributed by atoms with van der Waals surface area (Å²) in [6.45, 7) is -0.153. The molecule has 0 saturated carbocycles. The molecule has 0 amide bonds. The molecule has 0 spiro atoms. The number of carboxylic acid groups (broad SMARTS) is 3. The lowest BCUT2D eigenvalue weighted by Gasteiger charge is -2.31. The number of aliphatic hydroxyl groups is 5. The van der Waals surface area contributed by atoms with Gasteiger partial charge < -0.3 is 45.6 Å². The fourth-order valence-electron chi connectivity index (χ4n) is 1.50. The number of carboxylic acids is 3. The monoisotopic (exact) mass is 342 g/mol. The number of rotatable bonds is 5. The third-order valence-electron chi connectivity index (χ3n) is 2.76. The second-order valence-corrected chi connectivity index (χ2v) is 4.75. The van der Waals surface area contributed by atoms with Crippen LogP contribution in [0.2, 0.25) is 0 Å². The van der Waals surface area contributed by atoms with Crippen molar-refractivity contribution in [1.82, 2.24) is 0 Å². The van der Waals surface area contributed by atoms with Gasteiger partial charge in [-0.2, -0.15) is 0 Å². The molecule has 1 rings (SSSR count). The summed E-state index contributed by atoms with van der Waals surface area (Å²) < 4.78 is 4.47. The normalized spacial score (nSPS) is 27.5. The van der Waals surface area contributed by atoms with E-state index < -0.39 is 61.0 Å². The quantitative estimate of drug-likeness (QED) is 0.240. The minimum Gasteiger partial charge on any atom is -0.481 e. The maximum atomic E-state index is 10.3. The van der Waals surface area contributed by atoms with Crippen molar-refractivity contribution in [3.05, 3.63) is 0 Å². The van der Waals surface area contributed by atoms with Crippen LogP contribution in [0.3, 0.4) is 0 Å². The first-order valence-electron chi connectivity index (χ1n) is 6.14. The van der Waals surface area contributed by atoms with Gasteiger partial charge in [0.25, 0.3) is 0 Å². The van der Waals surface area contributed by atoms with Gasteiger partial charge in [-0.1, -0.05) is 0 Å². The van der Waals surface area contributed by atoms with E-state index in [1.165, 1.54) is 0 Å². The molecule has 0 aromatic carbocycles. The average molecular weight is 342 g/mol. The standard InChI is InChI=1S/C6H8O7.C5H10O5/c7-3(8)1-6(13,5(11)12)2-4(9)10;6-2-1-10-5(9)4(8)3(2)7/h13H,1-2H2,(H,7,8)(H,9,10)(H,11,12);2-9H,1H2/t;2-,3+,4-,5?/m.1/s1. The molecular formula is C11H18O12. The van der Waals surface area contributed by atoms with E-state index in [2.05, 4.69) is 4.74 Å². The molecule has 8 N–H and O–H groups in total. The lowest BCUT2D eigenvalue weighted by atomic mass is 9.96. The maximum absolute atomic E-state index is 10.3. The Morgan fingerprint density at radius 2 is 1.35 bits per heavy atom. The number of carbonyl (C=O) groups is 3. The van der Waals surface area contributed by atoms with Crippen molar-refractivity contribution in [2.45, 2.75) is 43.0 Å². The van der Waals surface area contributed by atoms with E-state index in [4.69, 9.17) is 40.9 Å². The zero-order chi connectivity index (χ0) is 18.4. The first kappa shape index (κ1) is 21.2. The van der Waals surface area contributed by atoms with E-state index in [9.17, 15) is 14.4 Å². The van der Waals surface area contributed by atoms with Crippen LogP contribution < -0.4 is 0 Å². The second kappa shape index (κ2) is 8.71. The van der Waals surface area contributed by atoms with Crippen LogP contribution in [-0.2, 0) is 19.1 Å². The second-order valence-electron chi connectivity index (χ2n) is 4.75. The molecule has 0 aliphatic carbocycles. The zero-order valence-corrected chi connectivity index (χ0v) is 11.6. The number of hydrogen-bond acceptors (Lipinski definition) is 9. The van der Waals surface area contributed by atoms with Crippen molar-refractivity contribution in [1.29, 1.82) is 0 Å². The lowest BCUT2D eigenvalue weighted by Crippen LogP contribution is -2.52. The fourth-order valence-corrected chi connectivity index (χ4v) is 1.50. The molecule has 1 heterocycles. The minimum absolute atomic E-state index is 0.153. The van der Waals surface area contributed by atoms with Gasteiger partial charge in [0.2, 0.25) is 0 Å². The Labute approximate surface area is 128 Å². The summed E-state index contributed by atoms with van der Waals surface area (Å²) in [6, 6.07) is 0. The molecule has 0 radical (unpaired) electrons. The van der Waals surface area contributed by atoms with E-state index in [-0.39, 0.29) is 6.61 Å². The highest BCUT2D eigenvalue weighted by Crippen LogP contribution is 2.15. The van der Waals surface area contributed by atoms with E-state index in [1.807, 2.05) is 0 Å². The lowest BCUT2D eigenvalue weighted by molar-refractivity contribution is -0.252. The molecule has 1 saturated heterocycles. The van der Waals surface area contributed by atoms with Crippen LogP contribution in [0.4, 0.5) is 0 Å². The van der Waals surface area contributed by atoms with Crippen molar-refractivity contribution in [2.75, 3.05) is 6.61 Å². The molecule has 1 fully saturated rings. The van der Waals surface area contributed by atoms with Crippen LogP contribution in [0.1, 0.15) is 12.8 Å². The fraction of sp³-hybridized carbons (Fsp3) is 0.727. The summed E-state index contributed by atoms with van der Waals surface area (Å²) in [6.07, 6.45) is -7.52.